The van der Waals surface area contributed by atoms with Crippen molar-refractivity contribution in [2.75, 3.05) is 49.5 Å². The number of nitrogens with one attached hydrogen (secondary N) is 2. The molecule has 1 saturated carbocycles. The second kappa shape index (κ2) is 8.34. The number of rotatable bonds is 5. The van der Waals surface area contributed by atoms with Gasteiger partial charge in [-0.2, -0.15) is 15.3 Å². The number of nitrogens with zero attached hydrogens (tertiary/aromatic N) is 7. The van der Waals surface area contributed by atoms with Gasteiger partial charge in [-0.05, 0) is 44.6 Å². The predicted molar refractivity (Wildman–Crippen MR) is 124 cm³/mol. The molecule has 4 heterocycles. The van der Waals surface area contributed by atoms with E-state index in [1.165, 1.54) is 25.7 Å². The van der Waals surface area contributed by atoms with Crippen LogP contribution in [0.2, 0.25) is 0 Å². The Kier molecular flexibility index (Phi) is 5.51. The molecule has 32 heavy (non-hydrogen) atoms. The van der Waals surface area contributed by atoms with Crippen molar-refractivity contribution in [1.82, 2.24) is 30.0 Å². The maximum absolute atomic E-state index is 9.64. The number of aryl methyl sites for hydroxylation is 2. The third-order valence-corrected chi connectivity index (χ3v) is 7.41. The van der Waals surface area contributed by atoms with Crippen molar-refractivity contribution in [3.05, 3.63) is 24.2 Å². The van der Waals surface area contributed by atoms with Gasteiger partial charge in [0.05, 0.1) is 29.9 Å². The quantitative estimate of drug-likeness (QED) is 0.738. The molecule has 2 saturated heterocycles. The van der Waals surface area contributed by atoms with Crippen molar-refractivity contribution < 1.29 is 0 Å². The molecule has 9 heteroatoms. The summed E-state index contributed by atoms with van der Waals surface area (Å²) in [5, 5.41) is 20.7. The third-order valence-electron chi connectivity index (χ3n) is 7.41. The molecule has 0 amide bonds. The van der Waals surface area contributed by atoms with Crippen molar-refractivity contribution in [2.45, 2.75) is 44.6 Å². The molecule has 9 nitrogen and oxygen atoms in total. The fraction of sp³-hybridized carbons (Fsp3) is 0.652. The lowest BCUT2D eigenvalue weighted by atomic mass is 9.84. The van der Waals surface area contributed by atoms with Crippen LogP contribution in [0.25, 0.3) is 0 Å². The molecule has 2 N–H and O–H groups in total. The van der Waals surface area contributed by atoms with Gasteiger partial charge >= 0.3 is 0 Å². The van der Waals surface area contributed by atoms with Gasteiger partial charge in [0.25, 0.3) is 0 Å². The van der Waals surface area contributed by atoms with Gasteiger partial charge < -0.3 is 15.5 Å². The van der Waals surface area contributed by atoms with E-state index in [0.29, 0.717) is 17.8 Å². The first-order valence-electron chi connectivity index (χ1n) is 11.7. The molecule has 5 rings (SSSR count). The molecule has 0 aromatic carbocycles. The number of aromatic nitrogens is 4. The molecule has 0 unspecified atom stereocenters. The van der Waals surface area contributed by atoms with Crippen LogP contribution in [0.4, 0.5) is 17.5 Å². The summed E-state index contributed by atoms with van der Waals surface area (Å²) in [5.41, 5.74) is 2.39. The Balaban J connectivity index is 1.29. The fourth-order valence-electron chi connectivity index (χ4n) is 5.30. The van der Waals surface area contributed by atoms with E-state index < -0.39 is 0 Å². The van der Waals surface area contributed by atoms with E-state index in [1.54, 1.807) is 10.9 Å². The van der Waals surface area contributed by atoms with Crippen LogP contribution < -0.4 is 15.5 Å². The molecular weight excluding hydrogens is 402 g/mol. The summed E-state index contributed by atoms with van der Waals surface area (Å²) in [6, 6.07) is 2.48. The number of hydrogen-bond donors (Lipinski definition) is 2. The standard InChI is InChI=1S/C23H33N9/c1-18-12-26-21(28-19-13-27-30(2)14-19)29-20(18)31-16-23(17-31,7-8-24)32-10-3-4-22(5-6-22)15-25-9-11-32/h12-14,25H,3-7,9-11,15-17H2,1-2H3,(H,26,28,29). The third kappa shape index (κ3) is 4.17. The summed E-state index contributed by atoms with van der Waals surface area (Å²) in [4.78, 5) is 14.1. The lowest BCUT2D eigenvalue weighted by molar-refractivity contribution is 0.0614. The minimum atomic E-state index is -0.0915. The van der Waals surface area contributed by atoms with Crippen molar-refractivity contribution >= 4 is 17.5 Å². The molecule has 3 aliphatic rings. The van der Waals surface area contributed by atoms with E-state index in [9.17, 15) is 5.26 Å². The van der Waals surface area contributed by atoms with Gasteiger partial charge in [-0.15, -0.1) is 0 Å². The molecule has 1 aliphatic carbocycles. The van der Waals surface area contributed by atoms with Crippen LogP contribution in [-0.2, 0) is 7.05 Å². The maximum Gasteiger partial charge on any atom is 0.229 e. The molecule has 2 aliphatic heterocycles. The first-order chi connectivity index (χ1) is 15.5. The van der Waals surface area contributed by atoms with Crippen LogP contribution in [0, 0.1) is 23.7 Å². The van der Waals surface area contributed by atoms with Gasteiger partial charge in [0.15, 0.2) is 0 Å². The van der Waals surface area contributed by atoms with E-state index in [0.717, 1.165) is 56.3 Å². The molecule has 170 valence electrons. The topological polar surface area (TPSA) is 97.9 Å². The highest BCUT2D eigenvalue weighted by Crippen LogP contribution is 2.49. The van der Waals surface area contributed by atoms with Gasteiger partial charge in [0.1, 0.15) is 5.82 Å². The number of nitriles is 1. The zero-order chi connectivity index (χ0) is 22.2. The summed E-state index contributed by atoms with van der Waals surface area (Å²) in [5.74, 6) is 1.51. The van der Waals surface area contributed by atoms with Crippen LogP contribution in [0.3, 0.4) is 0 Å². The smallest absolute Gasteiger partial charge is 0.229 e. The Morgan fingerprint density at radius 1 is 1.22 bits per heavy atom. The molecule has 0 bridgehead atoms. The van der Waals surface area contributed by atoms with E-state index in [4.69, 9.17) is 4.98 Å². The zero-order valence-corrected chi connectivity index (χ0v) is 19.1. The van der Waals surface area contributed by atoms with Gasteiger partial charge in [-0.1, -0.05) is 0 Å². The molecule has 3 fully saturated rings. The summed E-state index contributed by atoms with van der Waals surface area (Å²) in [7, 11) is 1.88. The highest BCUT2D eigenvalue weighted by atomic mass is 15.4. The van der Waals surface area contributed by atoms with Crippen molar-refractivity contribution in [3.63, 3.8) is 0 Å². The van der Waals surface area contributed by atoms with Gasteiger partial charge in [-0.25, -0.2) is 4.98 Å². The van der Waals surface area contributed by atoms with Crippen LogP contribution in [0.1, 0.15) is 37.7 Å². The summed E-state index contributed by atoms with van der Waals surface area (Å²) >= 11 is 0. The normalized spacial score (nSPS) is 22.3. The molecule has 1 spiro atoms. The fourth-order valence-corrected chi connectivity index (χ4v) is 5.30. The summed E-state index contributed by atoms with van der Waals surface area (Å²) in [6.07, 6.45) is 11.4. The Bertz CT molecular complexity index is 997. The average Bonchev–Trinajstić information content (AvgIpc) is 3.36. The Morgan fingerprint density at radius 2 is 2.06 bits per heavy atom. The maximum atomic E-state index is 9.64. The number of anilines is 3. The first-order valence-corrected chi connectivity index (χ1v) is 11.7. The largest absolute Gasteiger partial charge is 0.352 e. The van der Waals surface area contributed by atoms with Crippen LogP contribution in [0.15, 0.2) is 18.6 Å². The number of hydrogen-bond acceptors (Lipinski definition) is 8. The monoisotopic (exact) mass is 435 g/mol. The molecule has 0 atom stereocenters. The Morgan fingerprint density at radius 3 is 2.78 bits per heavy atom. The van der Waals surface area contributed by atoms with Gasteiger partial charge in [0.2, 0.25) is 5.95 Å². The van der Waals surface area contributed by atoms with Gasteiger partial charge in [-0.3, -0.25) is 9.58 Å². The Labute approximate surface area is 189 Å². The van der Waals surface area contributed by atoms with Crippen LogP contribution in [0.5, 0.6) is 0 Å². The molecule has 0 radical (unpaired) electrons. The SMILES string of the molecule is Cc1cnc(Nc2cnn(C)c2)nc1N1CC(CC#N)(N2CCCC3(CC3)CNCC2)C1. The van der Waals surface area contributed by atoms with Crippen molar-refractivity contribution in [2.24, 2.45) is 12.5 Å². The molecule has 2 aromatic rings. The lowest BCUT2D eigenvalue weighted by Gasteiger charge is -2.56. The summed E-state index contributed by atoms with van der Waals surface area (Å²) < 4.78 is 1.74. The average molecular weight is 436 g/mol. The van der Waals surface area contributed by atoms with Crippen molar-refractivity contribution in [1.29, 1.82) is 5.26 Å². The molecular formula is C23H33N9. The van der Waals surface area contributed by atoms with E-state index in [-0.39, 0.29) is 5.54 Å². The van der Waals surface area contributed by atoms with E-state index in [1.807, 2.05) is 26.4 Å². The van der Waals surface area contributed by atoms with Crippen LogP contribution >= 0.6 is 0 Å². The first kappa shape index (κ1) is 21.2. The van der Waals surface area contributed by atoms with E-state index in [2.05, 4.69) is 36.6 Å². The highest BCUT2D eigenvalue weighted by molar-refractivity contribution is 5.57. The second-order valence-electron chi connectivity index (χ2n) is 9.91. The lowest BCUT2D eigenvalue weighted by Crippen LogP contribution is -2.71. The van der Waals surface area contributed by atoms with Crippen molar-refractivity contribution in [3.8, 4) is 6.07 Å². The van der Waals surface area contributed by atoms with Gasteiger partial charge in [0, 0.05) is 57.7 Å². The minimum absolute atomic E-state index is 0.0915. The summed E-state index contributed by atoms with van der Waals surface area (Å²) in [6.45, 7) is 7.95. The zero-order valence-electron chi connectivity index (χ0n) is 19.1. The minimum Gasteiger partial charge on any atom is -0.352 e. The Hall–Kier alpha value is -2.70. The highest BCUT2D eigenvalue weighted by Gasteiger charge is 2.49. The van der Waals surface area contributed by atoms with E-state index >= 15 is 0 Å². The van der Waals surface area contributed by atoms with Crippen LogP contribution in [-0.4, -0.2) is 69.5 Å². The predicted octanol–water partition coefficient (Wildman–Crippen LogP) is 2.20. The molecule has 2 aromatic heterocycles. The second-order valence-corrected chi connectivity index (χ2v) is 9.91.